The van der Waals surface area contributed by atoms with Gasteiger partial charge in [-0.25, -0.2) is 0 Å². The molecule has 0 aromatic carbocycles. The maximum absolute atomic E-state index is 3.27. The van der Waals surface area contributed by atoms with Gasteiger partial charge in [-0.15, -0.1) is 0 Å². The van der Waals surface area contributed by atoms with Gasteiger partial charge < -0.3 is 10.2 Å². The Balaban J connectivity index is 1.62. The largest absolute Gasteiger partial charge is 0.319 e. The molecule has 2 aliphatic rings. The van der Waals surface area contributed by atoms with Crippen LogP contribution in [0.15, 0.2) is 0 Å². The molecule has 1 aliphatic heterocycles. The van der Waals surface area contributed by atoms with Gasteiger partial charge >= 0.3 is 0 Å². The van der Waals surface area contributed by atoms with Crippen molar-refractivity contribution in [1.82, 2.24) is 10.2 Å². The normalized spacial score (nSPS) is 35.8. The summed E-state index contributed by atoms with van der Waals surface area (Å²) in [7, 11) is 2.06. The Bertz CT molecular complexity index is 141. The van der Waals surface area contributed by atoms with Crippen molar-refractivity contribution in [2.24, 2.45) is 11.8 Å². The third kappa shape index (κ3) is 1.99. The average Bonchev–Trinajstić information content (AvgIpc) is 2.62. The fourth-order valence-electron chi connectivity index (χ4n) is 2.34. The van der Waals surface area contributed by atoms with Gasteiger partial charge in [0.15, 0.2) is 0 Å². The first kappa shape index (κ1) is 8.52. The van der Waals surface area contributed by atoms with Crippen LogP contribution < -0.4 is 5.32 Å². The molecule has 0 unspecified atom stereocenters. The predicted molar refractivity (Wildman–Crippen MR) is 51.2 cm³/mol. The molecule has 1 heterocycles. The summed E-state index contributed by atoms with van der Waals surface area (Å²) < 4.78 is 0. The Hall–Kier alpha value is -0.0800. The van der Waals surface area contributed by atoms with Crippen molar-refractivity contribution < 1.29 is 0 Å². The molecule has 0 spiro atoms. The van der Waals surface area contributed by atoms with Crippen LogP contribution in [-0.2, 0) is 0 Å². The van der Waals surface area contributed by atoms with Crippen molar-refractivity contribution in [2.75, 3.05) is 33.2 Å². The Morgan fingerprint density at radius 1 is 1.25 bits per heavy atom. The molecule has 0 bridgehead atoms. The molecule has 0 aromatic heterocycles. The van der Waals surface area contributed by atoms with E-state index in [4.69, 9.17) is 0 Å². The molecule has 1 saturated carbocycles. The number of likely N-dealkylation sites (tertiary alicyclic amines) is 1. The van der Waals surface area contributed by atoms with E-state index < -0.39 is 0 Å². The van der Waals surface area contributed by atoms with Gasteiger partial charge in [-0.3, -0.25) is 0 Å². The van der Waals surface area contributed by atoms with Crippen LogP contribution in [0.5, 0.6) is 0 Å². The summed E-state index contributed by atoms with van der Waals surface area (Å²) in [6.45, 7) is 5.34. The van der Waals surface area contributed by atoms with Crippen molar-refractivity contribution in [3.63, 3.8) is 0 Å². The summed E-state index contributed by atoms with van der Waals surface area (Å²) in [6.07, 6.45) is 4.34. The first-order chi connectivity index (χ1) is 5.90. The fraction of sp³-hybridized carbons (Fsp3) is 1.00. The van der Waals surface area contributed by atoms with E-state index in [2.05, 4.69) is 17.3 Å². The summed E-state index contributed by atoms with van der Waals surface area (Å²) in [5.41, 5.74) is 0. The second-order valence-corrected chi connectivity index (χ2v) is 4.32. The van der Waals surface area contributed by atoms with Gasteiger partial charge in [-0.2, -0.15) is 0 Å². The van der Waals surface area contributed by atoms with Crippen LogP contribution in [0, 0.1) is 11.8 Å². The van der Waals surface area contributed by atoms with E-state index in [1.807, 2.05) is 0 Å². The summed E-state index contributed by atoms with van der Waals surface area (Å²) in [4.78, 5) is 2.64. The highest BCUT2D eigenvalue weighted by Crippen LogP contribution is 2.38. The molecule has 0 radical (unpaired) electrons. The zero-order chi connectivity index (χ0) is 8.39. The number of rotatable bonds is 4. The van der Waals surface area contributed by atoms with Gasteiger partial charge in [0.05, 0.1) is 0 Å². The molecular formula is C10H20N2. The number of hydrogen-bond acceptors (Lipinski definition) is 2. The second-order valence-electron chi connectivity index (χ2n) is 4.32. The maximum Gasteiger partial charge on any atom is 0.00129 e. The summed E-state index contributed by atoms with van der Waals surface area (Å²) in [5.74, 6) is 2.02. The minimum absolute atomic E-state index is 0.996. The highest BCUT2D eigenvalue weighted by molar-refractivity contribution is 4.90. The summed E-state index contributed by atoms with van der Waals surface area (Å²) in [5, 5.41) is 3.27. The molecule has 0 amide bonds. The highest BCUT2D eigenvalue weighted by Gasteiger charge is 2.37. The van der Waals surface area contributed by atoms with E-state index >= 15 is 0 Å². The standard InChI is InChI=1S/C10H20N2/c1-11-7-9-6-10(9)8-12-4-2-3-5-12/h9-11H,2-8H2,1H3/t9-,10-/m1/s1. The Morgan fingerprint density at radius 2 is 2.00 bits per heavy atom. The van der Waals surface area contributed by atoms with Crippen molar-refractivity contribution in [3.8, 4) is 0 Å². The minimum atomic E-state index is 0.996. The van der Waals surface area contributed by atoms with E-state index in [0.717, 1.165) is 11.8 Å². The van der Waals surface area contributed by atoms with Gasteiger partial charge in [0.25, 0.3) is 0 Å². The van der Waals surface area contributed by atoms with Crippen LogP contribution in [-0.4, -0.2) is 38.1 Å². The zero-order valence-electron chi connectivity index (χ0n) is 8.05. The number of hydrogen-bond donors (Lipinski definition) is 1. The lowest BCUT2D eigenvalue weighted by molar-refractivity contribution is 0.316. The Kier molecular flexibility index (Phi) is 2.66. The van der Waals surface area contributed by atoms with Gasteiger partial charge in [0.1, 0.15) is 0 Å². The van der Waals surface area contributed by atoms with Crippen LogP contribution in [0.2, 0.25) is 0 Å². The first-order valence-electron chi connectivity index (χ1n) is 5.27. The van der Waals surface area contributed by atoms with Crippen molar-refractivity contribution in [2.45, 2.75) is 19.3 Å². The van der Waals surface area contributed by atoms with E-state index in [0.29, 0.717) is 0 Å². The van der Waals surface area contributed by atoms with E-state index in [-0.39, 0.29) is 0 Å². The lowest BCUT2D eigenvalue weighted by atomic mass is 10.3. The van der Waals surface area contributed by atoms with E-state index in [9.17, 15) is 0 Å². The monoisotopic (exact) mass is 168 g/mol. The molecule has 12 heavy (non-hydrogen) atoms. The molecule has 2 atom stereocenters. The molecule has 1 aliphatic carbocycles. The molecule has 2 rings (SSSR count). The average molecular weight is 168 g/mol. The van der Waals surface area contributed by atoms with Crippen LogP contribution in [0.1, 0.15) is 19.3 Å². The lowest BCUT2D eigenvalue weighted by Crippen LogP contribution is -2.23. The third-order valence-electron chi connectivity index (χ3n) is 3.23. The second kappa shape index (κ2) is 3.75. The van der Waals surface area contributed by atoms with Crippen molar-refractivity contribution in [1.29, 1.82) is 0 Å². The van der Waals surface area contributed by atoms with Gasteiger partial charge in [-0.1, -0.05) is 0 Å². The quantitative estimate of drug-likeness (QED) is 0.672. The zero-order valence-corrected chi connectivity index (χ0v) is 8.05. The summed E-state index contributed by atoms with van der Waals surface area (Å²) in [6, 6.07) is 0. The molecule has 70 valence electrons. The third-order valence-corrected chi connectivity index (χ3v) is 3.23. The molecule has 0 aromatic rings. The van der Waals surface area contributed by atoms with Gasteiger partial charge in [0, 0.05) is 6.54 Å². The molecular weight excluding hydrogens is 148 g/mol. The van der Waals surface area contributed by atoms with Crippen LogP contribution in [0.25, 0.3) is 0 Å². The Labute approximate surface area is 75.3 Å². The maximum atomic E-state index is 3.27. The van der Waals surface area contributed by atoms with Crippen LogP contribution in [0.4, 0.5) is 0 Å². The van der Waals surface area contributed by atoms with Crippen LogP contribution >= 0.6 is 0 Å². The predicted octanol–water partition coefficient (Wildman–Crippen LogP) is 0.938. The molecule has 2 nitrogen and oxygen atoms in total. The topological polar surface area (TPSA) is 15.3 Å². The SMILES string of the molecule is CNC[C@H]1C[C@@H]1CN1CCCC1. The van der Waals surface area contributed by atoms with Crippen LogP contribution in [0.3, 0.4) is 0 Å². The van der Waals surface area contributed by atoms with Gasteiger partial charge in [0.2, 0.25) is 0 Å². The van der Waals surface area contributed by atoms with Crippen molar-refractivity contribution in [3.05, 3.63) is 0 Å². The first-order valence-corrected chi connectivity index (χ1v) is 5.27. The fourth-order valence-corrected chi connectivity index (χ4v) is 2.34. The van der Waals surface area contributed by atoms with Gasteiger partial charge in [-0.05, 0) is 57.8 Å². The van der Waals surface area contributed by atoms with E-state index in [1.54, 1.807) is 0 Å². The van der Waals surface area contributed by atoms with Crippen molar-refractivity contribution >= 4 is 0 Å². The molecule has 2 heteroatoms. The summed E-state index contributed by atoms with van der Waals surface area (Å²) >= 11 is 0. The minimum Gasteiger partial charge on any atom is -0.319 e. The lowest BCUT2D eigenvalue weighted by Gasteiger charge is -2.13. The smallest absolute Gasteiger partial charge is 0.00129 e. The van der Waals surface area contributed by atoms with E-state index in [1.165, 1.54) is 45.4 Å². The number of nitrogens with zero attached hydrogens (tertiary/aromatic N) is 1. The molecule has 1 saturated heterocycles. The highest BCUT2D eigenvalue weighted by atomic mass is 15.1. The molecule has 2 fully saturated rings. The Morgan fingerprint density at radius 3 is 2.67 bits per heavy atom. The number of nitrogens with one attached hydrogen (secondary N) is 1. The molecule has 1 N–H and O–H groups in total.